The largest absolute Gasteiger partial charge is 0.478 e. The van der Waals surface area contributed by atoms with Gasteiger partial charge in [0.25, 0.3) is 0 Å². The molecule has 7 nitrogen and oxygen atoms in total. The fourth-order valence-corrected chi connectivity index (χ4v) is 4.75. The van der Waals surface area contributed by atoms with Gasteiger partial charge in [0, 0.05) is 22.6 Å². The normalized spacial score (nSPS) is 13.4. The van der Waals surface area contributed by atoms with E-state index in [-0.39, 0.29) is 31.2 Å². The van der Waals surface area contributed by atoms with Crippen LogP contribution in [0, 0.1) is 0 Å². The zero-order valence-corrected chi connectivity index (χ0v) is 22.7. The number of ether oxygens (including phenoxy) is 2. The van der Waals surface area contributed by atoms with Gasteiger partial charge in [-0.15, -0.1) is 0 Å². The molecule has 0 aromatic heterocycles. The SMILES string of the molecule is CC(C)(C)OCC(CNc1ccc(Br)cc1C(=O)O)NC(=O)OCC1c2ccccc2-c2ccccc21. The fraction of sp³-hybridized carbons (Fsp3) is 0.310. The molecule has 3 aromatic carbocycles. The second kappa shape index (κ2) is 11.4. The van der Waals surface area contributed by atoms with Crippen LogP contribution in [0.2, 0.25) is 0 Å². The molecule has 0 heterocycles. The number of rotatable bonds is 9. The second-order valence-corrected chi connectivity index (χ2v) is 10.9. The lowest BCUT2D eigenvalue weighted by atomic mass is 9.98. The van der Waals surface area contributed by atoms with Crippen LogP contribution in [0.5, 0.6) is 0 Å². The Hall–Kier alpha value is -3.36. The molecule has 1 amide bonds. The molecule has 0 saturated heterocycles. The summed E-state index contributed by atoms with van der Waals surface area (Å²) in [6, 6.07) is 20.9. The molecule has 194 valence electrons. The van der Waals surface area contributed by atoms with Gasteiger partial charge >= 0.3 is 12.1 Å². The molecule has 0 bridgehead atoms. The molecular formula is C29H31BrN2O5. The molecule has 3 N–H and O–H groups in total. The first-order valence-corrected chi connectivity index (χ1v) is 12.9. The Balaban J connectivity index is 1.42. The summed E-state index contributed by atoms with van der Waals surface area (Å²) >= 11 is 3.30. The van der Waals surface area contributed by atoms with Crippen molar-refractivity contribution >= 4 is 33.7 Å². The van der Waals surface area contributed by atoms with E-state index in [1.54, 1.807) is 12.1 Å². The number of aromatic carboxylic acids is 1. The van der Waals surface area contributed by atoms with E-state index >= 15 is 0 Å². The Morgan fingerprint density at radius 3 is 2.22 bits per heavy atom. The van der Waals surface area contributed by atoms with Gasteiger partial charge in [0.1, 0.15) is 6.61 Å². The smallest absolute Gasteiger partial charge is 0.407 e. The number of hydrogen-bond acceptors (Lipinski definition) is 5. The Morgan fingerprint density at radius 2 is 1.62 bits per heavy atom. The van der Waals surface area contributed by atoms with Crippen molar-refractivity contribution < 1.29 is 24.2 Å². The second-order valence-electron chi connectivity index (χ2n) is 9.97. The summed E-state index contributed by atoms with van der Waals surface area (Å²) in [5.74, 6) is -1.09. The van der Waals surface area contributed by atoms with Gasteiger partial charge in [0.15, 0.2) is 0 Å². The molecule has 1 atom stereocenters. The highest BCUT2D eigenvalue weighted by atomic mass is 79.9. The van der Waals surface area contributed by atoms with Gasteiger partial charge in [0.2, 0.25) is 0 Å². The molecule has 0 saturated carbocycles. The van der Waals surface area contributed by atoms with Crippen molar-refractivity contribution in [3.05, 3.63) is 87.9 Å². The molecule has 1 unspecified atom stereocenters. The molecule has 1 aliphatic rings. The number of carboxylic acids is 1. The predicted molar refractivity (Wildman–Crippen MR) is 147 cm³/mol. The summed E-state index contributed by atoms with van der Waals surface area (Å²) in [4.78, 5) is 24.5. The van der Waals surface area contributed by atoms with E-state index in [1.807, 2.05) is 45.0 Å². The summed E-state index contributed by atoms with van der Waals surface area (Å²) in [5, 5.41) is 15.6. The van der Waals surface area contributed by atoms with Gasteiger partial charge in [-0.1, -0.05) is 64.5 Å². The number of benzene rings is 3. The van der Waals surface area contributed by atoms with Crippen LogP contribution in [0.25, 0.3) is 11.1 Å². The minimum absolute atomic E-state index is 0.0403. The van der Waals surface area contributed by atoms with Crippen molar-refractivity contribution in [2.24, 2.45) is 0 Å². The Labute approximate surface area is 225 Å². The Bertz CT molecular complexity index is 1240. The minimum Gasteiger partial charge on any atom is -0.478 e. The first-order valence-electron chi connectivity index (χ1n) is 12.1. The molecule has 0 radical (unpaired) electrons. The van der Waals surface area contributed by atoms with E-state index in [0.717, 1.165) is 22.3 Å². The Kier molecular flexibility index (Phi) is 8.19. The van der Waals surface area contributed by atoms with Crippen LogP contribution < -0.4 is 10.6 Å². The number of carboxylic acid groups (broad SMARTS) is 1. The van der Waals surface area contributed by atoms with Crippen LogP contribution in [0.4, 0.5) is 10.5 Å². The van der Waals surface area contributed by atoms with E-state index in [4.69, 9.17) is 9.47 Å². The number of halogens is 1. The summed E-state index contributed by atoms with van der Waals surface area (Å²) in [6.07, 6.45) is -0.555. The van der Waals surface area contributed by atoms with Crippen molar-refractivity contribution in [2.75, 3.05) is 25.1 Å². The number of fused-ring (bicyclic) bond motifs is 3. The van der Waals surface area contributed by atoms with E-state index in [2.05, 4.69) is 50.8 Å². The number of anilines is 1. The number of amides is 1. The first kappa shape index (κ1) is 26.7. The summed E-state index contributed by atoms with van der Waals surface area (Å²) in [6.45, 7) is 6.48. The van der Waals surface area contributed by atoms with E-state index in [1.165, 1.54) is 6.07 Å². The van der Waals surface area contributed by atoms with Crippen LogP contribution >= 0.6 is 15.9 Å². The maximum atomic E-state index is 12.9. The van der Waals surface area contributed by atoms with Crippen LogP contribution in [-0.2, 0) is 9.47 Å². The molecule has 0 aliphatic heterocycles. The first-order chi connectivity index (χ1) is 17.6. The van der Waals surface area contributed by atoms with Crippen molar-refractivity contribution in [1.29, 1.82) is 0 Å². The number of nitrogens with one attached hydrogen (secondary N) is 2. The molecule has 0 fully saturated rings. The number of alkyl carbamates (subject to hydrolysis) is 1. The molecule has 1 aliphatic carbocycles. The molecule has 4 rings (SSSR count). The minimum atomic E-state index is -1.05. The predicted octanol–water partition coefficient (Wildman–Crippen LogP) is 6.28. The van der Waals surface area contributed by atoms with Crippen LogP contribution in [-0.4, -0.2) is 48.6 Å². The summed E-state index contributed by atoms with van der Waals surface area (Å²) in [7, 11) is 0. The van der Waals surface area contributed by atoms with Crippen molar-refractivity contribution in [3.63, 3.8) is 0 Å². The van der Waals surface area contributed by atoms with Gasteiger partial charge in [-0.3, -0.25) is 0 Å². The van der Waals surface area contributed by atoms with E-state index < -0.39 is 23.7 Å². The highest BCUT2D eigenvalue weighted by molar-refractivity contribution is 9.10. The maximum Gasteiger partial charge on any atom is 0.407 e. The highest BCUT2D eigenvalue weighted by Gasteiger charge is 2.29. The lowest BCUT2D eigenvalue weighted by Gasteiger charge is -2.26. The quantitative estimate of drug-likeness (QED) is 0.282. The molecule has 3 aromatic rings. The van der Waals surface area contributed by atoms with Crippen molar-refractivity contribution in [2.45, 2.75) is 38.3 Å². The van der Waals surface area contributed by atoms with Gasteiger partial charge in [0.05, 0.1) is 23.8 Å². The van der Waals surface area contributed by atoms with Crippen LogP contribution in [0.1, 0.15) is 48.2 Å². The number of carbonyl (C=O) groups is 2. The topological polar surface area (TPSA) is 96.9 Å². The van der Waals surface area contributed by atoms with Crippen LogP contribution in [0.15, 0.2) is 71.2 Å². The third-order valence-corrected chi connectivity index (χ3v) is 6.63. The van der Waals surface area contributed by atoms with E-state index in [0.29, 0.717) is 10.2 Å². The average molecular weight is 567 g/mol. The van der Waals surface area contributed by atoms with Gasteiger partial charge in [-0.05, 0) is 61.2 Å². The zero-order valence-electron chi connectivity index (χ0n) is 21.1. The lowest BCUT2D eigenvalue weighted by molar-refractivity contribution is -0.0130. The summed E-state index contributed by atoms with van der Waals surface area (Å²) < 4.78 is 12.3. The molecular weight excluding hydrogens is 536 g/mol. The Morgan fingerprint density at radius 1 is 1.00 bits per heavy atom. The molecule has 0 spiro atoms. The zero-order chi connectivity index (χ0) is 26.6. The number of hydrogen-bond donors (Lipinski definition) is 3. The molecule has 37 heavy (non-hydrogen) atoms. The van der Waals surface area contributed by atoms with Gasteiger partial charge in [-0.2, -0.15) is 0 Å². The number of carbonyl (C=O) groups excluding carboxylic acids is 1. The average Bonchev–Trinajstić information content (AvgIpc) is 3.18. The molecule has 8 heteroatoms. The van der Waals surface area contributed by atoms with E-state index in [9.17, 15) is 14.7 Å². The van der Waals surface area contributed by atoms with Gasteiger partial charge in [-0.25, -0.2) is 9.59 Å². The maximum absolute atomic E-state index is 12.9. The monoisotopic (exact) mass is 566 g/mol. The van der Waals surface area contributed by atoms with Gasteiger partial charge < -0.3 is 25.2 Å². The standard InChI is InChI=1S/C29H31BrN2O5/c1-29(2,3)37-16-19(15-31-26-13-12-18(30)14-24(26)27(33)34)32-28(35)36-17-25-22-10-6-4-8-20(22)21-9-5-7-11-23(21)25/h4-14,19,25,31H,15-17H2,1-3H3,(H,32,35)(H,33,34). The van der Waals surface area contributed by atoms with Crippen LogP contribution in [0.3, 0.4) is 0 Å². The highest BCUT2D eigenvalue weighted by Crippen LogP contribution is 2.44. The summed E-state index contributed by atoms with van der Waals surface area (Å²) in [5.41, 5.74) is 4.78. The van der Waals surface area contributed by atoms with Crippen molar-refractivity contribution in [1.82, 2.24) is 5.32 Å². The van der Waals surface area contributed by atoms with Crippen molar-refractivity contribution in [3.8, 4) is 11.1 Å². The third-order valence-electron chi connectivity index (χ3n) is 6.13. The third kappa shape index (κ3) is 6.70. The lowest BCUT2D eigenvalue weighted by Crippen LogP contribution is -2.45. The fourth-order valence-electron chi connectivity index (χ4n) is 4.39.